The SMILES string of the molecule is C=C(/C=C\C(=C(/C)Cc1cc(-c2ccc(Cl)cc2)oc1C=O)N(C)CC1CC1)N1CCNCC1. The first-order valence-corrected chi connectivity index (χ1v) is 12.4. The molecule has 0 spiro atoms. The zero-order chi connectivity index (χ0) is 24.1. The minimum atomic E-state index is 0.378. The van der Waals surface area contributed by atoms with E-state index in [1.807, 2.05) is 30.3 Å². The Morgan fingerprint density at radius 2 is 1.94 bits per heavy atom. The van der Waals surface area contributed by atoms with Crippen molar-refractivity contribution in [3.05, 3.63) is 82.4 Å². The van der Waals surface area contributed by atoms with E-state index >= 15 is 0 Å². The summed E-state index contributed by atoms with van der Waals surface area (Å²) >= 11 is 6.02. The van der Waals surface area contributed by atoms with Gasteiger partial charge in [-0.2, -0.15) is 0 Å². The quantitative estimate of drug-likeness (QED) is 0.358. The maximum absolute atomic E-state index is 11.8. The molecule has 1 saturated carbocycles. The molecule has 2 aromatic rings. The number of hydrogen-bond acceptors (Lipinski definition) is 5. The molecule has 0 amide bonds. The van der Waals surface area contributed by atoms with Gasteiger partial charge < -0.3 is 19.5 Å². The molecule has 2 heterocycles. The van der Waals surface area contributed by atoms with Gasteiger partial charge in [0.25, 0.3) is 0 Å². The molecule has 1 aromatic heterocycles. The van der Waals surface area contributed by atoms with Crippen molar-refractivity contribution >= 4 is 17.9 Å². The maximum Gasteiger partial charge on any atom is 0.185 e. The molecule has 1 aliphatic carbocycles. The number of furan rings is 1. The van der Waals surface area contributed by atoms with Crippen LogP contribution in [0.4, 0.5) is 0 Å². The zero-order valence-electron chi connectivity index (χ0n) is 20.1. The van der Waals surface area contributed by atoms with Crippen molar-refractivity contribution in [1.29, 1.82) is 0 Å². The van der Waals surface area contributed by atoms with E-state index in [4.69, 9.17) is 16.0 Å². The third kappa shape index (κ3) is 6.22. The predicted octanol–water partition coefficient (Wildman–Crippen LogP) is 5.55. The molecule has 0 atom stereocenters. The van der Waals surface area contributed by atoms with E-state index in [0.717, 1.165) is 61.8 Å². The highest BCUT2D eigenvalue weighted by atomic mass is 35.5. The second kappa shape index (κ2) is 11.1. The summed E-state index contributed by atoms with van der Waals surface area (Å²) in [5.41, 5.74) is 5.20. The van der Waals surface area contributed by atoms with Crippen LogP contribution < -0.4 is 5.32 Å². The third-order valence-electron chi connectivity index (χ3n) is 6.57. The van der Waals surface area contributed by atoms with Crippen LogP contribution >= 0.6 is 11.6 Å². The molecule has 4 rings (SSSR count). The van der Waals surface area contributed by atoms with E-state index in [0.29, 0.717) is 23.0 Å². The van der Waals surface area contributed by atoms with Gasteiger partial charge in [-0.3, -0.25) is 4.79 Å². The van der Waals surface area contributed by atoms with Crippen LogP contribution in [0.5, 0.6) is 0 Å². The van der Waals surface area contributed by atoms with E-state index < -0.39 is 0 Å². The summed E-state index contributed by atoms with van der Waals surface area (Å²) in [6.07, 6.45) is 8.36. The highest BCUT2D eigenvalue weighted by molar-refractivity contribution is 6.30. The van der Waals surface area contributed by atoms with E-state index in [1.165, 1.54) is 24.1 Å². The van der Waals surface area contributed by atoms with Gasteiger partial charge in [-0.25, -0.2) is 0 Å². The third-order valence-corrected chi connectivity index (χ3v) is 6.82. The van der Waals surface area contributed by atoms with Gasteiger partial charge in [0, 0.05) is 67.3 Å². The number of halogens is 1. The first kappa shape index (κ1) is 24.4. The minimum Gasteiger partial charge on any atom is -0.453 e. The number of benzene rings is 1. The fourth-order valence-corrected chi connectivity index (χ4v) is 4.55. The van der Waals surface area contributed by atoms with Crippen LogP contribution in [0.3, 0.4) is 0 Å². The van der Waals surface area contributed by atoms with Crippen LogP contribution in [-0.2, 0) is 6.42 Å². The Hall–Kier alpha value is -2.76. The van der Waals surface area contributed by atoms with Crippen LogP contribution in [0, 0.1) is 5.92 Å². The largest absolute Gasteiger partial charge is 0.453 e. The Balaban J connectivity index is 1.58. The van der Waals surface area contributed by atoms with Crippen molar-refractivity contribution in [2.24, 2.45) is 5.92 Å². The highest BCUT2D eigenvalue weighted by Gasteiger charge is 2.24. The molecule has 1 aliphatic heterocycles. The molecular formula is C28H34ClN3O2. The molecule has 6 heteroatoms. The number of carbonyl (C=O) groups is 1. The lowest BCUT2D eigenvalue weighted by Crippen LogP contribution is -2.42. The number of carbonyl (C=O) groups excluding carboxylic acids is 1. The van der Waals surface area contributed by atoms with Crippen molar-refractivity contribution in [1.82, 2.24) is 15.1 Å². The van der Waals surface area contributed by atoms with Crippen molar-refractivity contribution in [3.63, 3.8) is 0 Å². The molecule has 0 bridgehead atoms. The molecule has 1 aromatic carbocycles. The molecule has 1 N–H and O–H groups in total. The van der Waals surface area contributed by atoms with E-state index in [1.54, 1.807) is 0 Å². The van der Waals surface area contributed by atoms with Gasteiger partial charge in [0.2, 0.25) is 0 Å². The first-order valence-electron chi connectivity index (χ1n) is 12.0. The van der Waals surface area contributed by atoms with Gasteiger partial charge >= 0.3 is 0 Å². The summed E-state index contributed by atoms with van der Waals surface area (Å²) in [5, 5.41) is 4.05. The van der Waals surface area contributed by atoms with Gasteiger partial charge in [-0.15, -0.1) is 0 Å². The molecule has 34 heavy (non-hydrogen) atoms. The van der Waals surface area contributed by atoms with Gasteiger partial charge in [0.1, 0.15) is 5.76 Å². The number of hydrogen-bond donors (Lipinski definition) is 1. The lowest BCUT2D eigenvalue weighted by Gasteiger charge is -2.30. The highest BCUT2D eigenvalue weighted by Crippen LogP contribution is 2.32. The van der Waals surface area contributed by atoms with E-state index in [-0.39, 0.29) is 0 Å². The summed E-state index contributed by atoms with van der Waals surface area (Å²) < 4.78 is 5.89. The molecule has 0 unspecified atom stereocenters. The van der Waals surface area contributed by atoms with Crippen molar-refractivity contribution < 1.29 is 9.21 Å². The van der Waals surface area contributed by atoms with Crippen molar-refractivity contribution in [2.75, 3.05) is 39.8 Å². The average Bonchev–Trinajstić information content (AvgIpc) is 3.57. The topological polar surface area (TPSA) is 48.7 Å². The van der Waals surface area contributed by atoms with Crippen molar-refractivity contribution in [2.45, 2.75) is 26.2 Å². The molecule has 2 fully saturated rings. The van der Waals surface area contributed by atoms with Crippen molar-refractivity contribution in [3.8, 4) is 11.3 Å². The Labute approximate surface area is 207 Å². The number of piperazine rings is 1. The van der Waals surface area contributed by atoms with Crippen LogP contribution in [0.2, 0.25) is 5.02 Å². The normalized spacial score (nSPS) is 17.1. The summed E-state index contributed by atoms with van der Waals surface area (Å²) in [4.78, 5) is 16.4. The van der Waals surface area contributed by atoms with Gasteiger partial charge in [-0.1, -0.05) is 18.2 Å². The zero-order valence-corrected chi connectivity index (χ0v) is 20.9. The van der Waals surface area contributed by atoms with E-state index in [9.17, 15) is 4.79 Å². The molecule has 2 aliphatic rings. The summed E-state index contributed by atoms with van der Waals surface area (Å²) in [6.45, 7) is 11.4. The summed E-state index contributed by atoms with van der Waals surface area (Å²) in [6, 6.07) is 9.43. The van der Waals surface area contributed by atoms with Crippen LogP contribution in [0.1, 0.15) is 35.9 Å². The molecule has 0 radical (unpaired) electrons. The molecule has 180 valence electrons. The second-order valence-corrected chi connectivity index (χ2v) is 9.79. The average molecular weight is 480 g/mol. The van der Waals surface area contributed by atoms with E-state index in [2.05, 4.69) is 47.8 Å². The smallest absolute Gasteiger partial charge is 0.185 e. The Kier molecular flexibility index (Phi) is 7.96. The number of likely N-dealkylation sites (N-methyl/N-ethyl adjacent to an activating group) is 1. The fraction of sp³-hybridized carbons (Fsp3) is 0.393. The number of nitrogens with one attached hydrogen (secondary N) is 1. The summed E-state index contributed by atoms with van der Waals surface area (Å²) in [5.74, 6) is 1.83. The van der Waals surface area contributed by atoms with Gasteiger partial charge in [0.15, 0.2) is 12.0 Å². The maximum atomic E-state index is 11.8. The van der Waals surface area contributed by atoms with Crippen LogP contribution in [0.15, 0.2) is 70.4 Å². The summed E-state index contributed by atoms with van der Waals surface area (Å²) in [7, 11) is 2.16. The lowest BCUT2D eigenvalue weighted by molar-refractivity contribution is 0.110. The Bertz CT molecular complexity index is 1070. The predicted molar refractivity (Wildman–Crippen MR) is 139 cm³/mol. The number of aldehydes is 1. The second-order valence-electron chi connectivity index (χ2n) is 9.35. The number of nitrogens with zero attached hydrogens (tertiary/aromatic N) is 2. The minimum absolute atomic E-state index is 0.378. The Morgan fingerprint density at radius 1 is 1.24 bits per heavy atom. The molecule has 5 nitrogen and oxygen atoms in total. The lowest BCUT2D eigenvalue weighted by atomic mass is 10.0. The van der Waals surface area contributed by atoms with Gasteiger partial charge in [-0.05, 0) is 80.2 Å². The monoisotopic (exact) mass is 479 g/mol. The van der Waals surface area contributed by atoms with Crippen LogP contribution in [-0.4, -0.2) is 55.9 Å². The number of allylic oxidation sites excluding steroid dienone is 3. The fourth-order valence-electron chi connectivity index (χ4n) is 4.43. The standard InChI is InChI=1S/C28H34ClN3O2/c1-20(16-24-17-27(34-28(24)19-33)23-7-9-25(29)10-8-23)26(31(3)18-22-5-6-22)11-4-21(2)32-14-12-30-13-15-32/h4,7-11,17,19,22,30H,2,5-6,12-16,18H2,1,3H3/b11-4-,26-20-. The van der Waals surface area contributed by atoms with Crippen LogP contribution in [0.25, 0.3) is 11.3 Å². The first-order chi connectivity index (χ1) is 16.4. The molecule has 1 saturated heterocycles. The Morgan fingerprint density at radius 3 is 2.59 bits per heavy atom. The number of rotatable bonds is 10. The van der Waals surface area contributed by atoms with Gasteiger partial charge in [0.05, 0.1) is 0 Å². The molecular weight excluding hydrogens is 446 g/mol.